The van der Waals surface area contributed by atoms with Crippen LogP contribution in [-0.2, 0) is 9.53 Å². The number of nitrogens with one attached hydrogen (secondary N) is 1. The molecule has 0 saturated heterocycles. The molecule has 2 N–H and O–H groups in total. The van der Waals surface area contributed by atoms with Crippen LogP contribution in [0, 0.1) is 0 Å². The molecule has 0 spiro atoms. The Balaban J connectivity index is 4.32. The quantitative estimate of drug-likeness (QED) is 0.689. The summed E-state index contributed by atoms with van der Waals surface area (Å²) in [4.78, 5) is 23.7. The molecule has 0 heterocycles. The summed E-state index contributed by atoms with van der Waals surface area (Å²) in [5.74, 6) is -1.04. The molecule has 0 bridgehead atoms. The SMILES string of the molecule is COCCN(CC(=O)O)C(=O)NCC(C)(C)SC. The molecule has 0 rings (SSSR count). The Bertz CT molecular complexity index is 284. The average Bonchev–Trinajstić information content (AvgIpc) is 2.31. The largest absolute Gasteiger partial charge is 0.480 e. The van der Waals surface area contributed by atoms with Crippen molar-refractivity contribution >= 4 is 23.8 Å². The van der Waals surface area contributed by atoms with E-state index in [-0.39, 0.29) is 23.9 Å². The number of hydrogen-bond acceptors (Lipinski definition) is 4. The zero-order valence-electron chi connectivity index (χ0n) is 11.4. The van der Waals surface area contributed by atoms with Crippen LogP contribution in [0.3, 0.4) is 0 Å². The van der Waals surface area contributed by atoms with Gasteiger partial charge in [0.1, 0.15) is 6.54 Å². The monoisotopic (exact) mass is 278 g/mol. The van der Waals surface area contributed by atoms with Gasteiger partial charge in [-0.25, -0.2) is 4.79 Å². The first-order valence-corrected chi connectivity index (χ1v) is 6.83. The highest BCUT2D eigenvalue weighted by Gasteiger charge is 2.21. The molecule has 0 aliphatic heterocycles. The average molecular weight is 278 g/mol. The lowest BCUT2D eigenvalue weighted by atomic mass is 10.2. The maximum absolute atomic E-state index is 11.8. The molecular weight excluding hydrogens is 256 g/mol. The van der Waals surface area contributed by atoms with Crippen LogP contribution >= 0.6 is 11.8 Å². The van der Waals surface area contributed by atoms with Crippen molar-refractivity contribution in [3.05, 3.63) is 0 Å². The number of ether oxygens (including phenoxy) is 1. The molecule has 6 nitrogen and oxygen atoms in total. The van der Waals surface area contributed by atoms with E-state index in [1.165, 1.54) is 12.0 Å². The summed E-state index contributed by atoms with van der Waals surface area (Å²) in [5.41, 5.74) is 0. The molecule has 0 aliphatic rings. The Morgan fingerprint density at radius 3 is 2.50 bits per heavy atom. The smallest absolute Gasteiger partial charge is 0.323 e. The minimum Gasteiger partial charge on any atom is -0.480 e. The number of hydrogen-bond donors (Lipinski definition) is 2. The predicted octanol–water partition coefficient (Wildman–Crippen LogP) is 0.871. The van der Waals surface area contributed by atoms with Crippen molar-refractivity contribution in [1.29, 1.82) is 0 Å². The van der Waals surface area contributed by atoms with Crippen LogP contribution in [0.1, 0.15) is 13.8 Å². The van der Waals surface area contributed by atoms with Gasteiger partial charge in [-0.2, -0.15) is 11.8 Å². The third-order valence-electron chi connectivity index (χ3n) is 2.40. The molecule has 0 atom stereocenters. The molecule has 0 fully saturated rings. The molecule has 0 aromatic carbocycles. The van der Waals surface area contributed by atoms with Crippen LogP contribution in [0.25, 0.3) is 0 Å². The molecule has 2 amide bonds. The first kappa shape index (κ1) is 17.1. The van der Waals surface area contributed by atoms with E-state index >= 15 is 0 Å². The Hall–Kier alpha value is -0.950. The van der Waals surface area contributed by atoms with E-state index in [0.717, 1.165) is 0 Å². The van der Waals surface area contributed by atoms with Gasteiger partial charge in [0.15, 0.2) is 0 Å². The van der Waals surface area contributed by atoms with Crippen molar-refractivity contribution < 1.29 is 19.4 Å². The van der Waals surface area contributed by atoms with Gasteiger partial charge in [-0.1, -0.05) is 0 Å². The predicted molar refractivity (Wildman–Crippen MR) is 72.1 cm³/mol. The highest BCUT2D eigenvalue weighted by Crippen LogP contribution is 2.19. The third-order valence-corrected chi connectivity index (χ3v) is 3.65. The number of rotatable bonds is 8. The number of carbonyl (C=O) groups is 2. The fourth-order valence-corrected chi connectivity index (χ4v) is 1.31. The highest BCUT2D eigenvalue weighted by atomic mass is 32.2. The number of aliphatic carboxylic acids is 1. The summed E-state index contributed by atoms with van der Waals surface area (Å²) in [5, 5.41) is 11.5. The van der Waals surface area contributed by atoms with Crippen LogP contribution in [0.5, 0.6) is 0 Å². The number of methoxy groups -OCH3 is 1. The van der Waals surface area contributed by atoms with E-state index in [1.54, 1.807) is 11.8 Å². The second-order valence-electron chi connectivity index (χ2n) is 4.43. The van der Waals surface area contributed by atoms with Crippen molar-refractivity contribution in [2.75, 3.05) is 39.6 Å². The maximum Gasteiger partial charge on any atom is 0.323 e. The van der Waals surface area contributed by atoms with Crippen molar-refractivity contribution in [2.24, 2.45) is 0 Å². The number of carbonyl (C=O) groups excluding carboxylic acids is 1. The lowest BCUT2D eigenvalue weighted by Crippen LogP contribution is -2.47. The van der Waals surface area contributed by atoms with E-state index < -0.39 is 5.97 Å². The van der Waals surface area contributed by atoms with Crippen LogP contribution in [0.15, 0.2) is 0 Å². The number of carboxylic acid groups (broad SMARTS) is 1. The van der Waals surface area contributed by atoms with Crippen molar-refractivity contribution in [1.82, 2.24) is 10.2 Å². The number of nitrogens with zero attached hydrogens (tertiary/aromatic N) is 1. The minimum atomic E-state index is -1.04. The van der Waals surface area contributed by atoms with Crippen LogP contribution in [0.4, 0.5) is 4.79 Å². The summed E-state index contributed by atoms with van der Waals surface area (Å²) in [6, 6.07) is -0.378. The van der Waals surface area contributed by atoms with Gasteiger partial charge in [-0.3, -0.25) is 4.79 Å². The molecule has 0 unspecified atom stereocenters. The molecule has 0 saturated carbocycles. The van der Waals surface area contributed by atoms with Crippen molar-refractivity contribution in [3.8, 4) is 0 Å². The number of amides is 2. The van der Waals surface area contributed by atoms with Gasteiger partial charge in [-0.05, 0) is 20.1 Å². The van der Waals surface area contributed by atoms with Gasteiger partial charge < -0.3 is 20.1 Å². The third kappa shape index (κ3) is 7.39. The summed E-state index contributed by atoms with van der Waals surface area (Å²) in [6.45, 7) is 4.75. The minimum absolute atomic E-state index is 0.0776. The fourth-order valence-electron chi connectivity index (χ4n) is 1.09. The standard InChI is InChI=1S/C11H22N2O4S/c1-11(2,18-4)8-12-10(16)13(5-6-17-3)7-9(14)15/h5-8H2,1-4H3,(H,12,16)(H,14,15). The Labute approximate surface area is 112 Å². The second-order valence-corrected chi connectivity index (χ2v) is 5.94. The van der Waals surface area contributed by atoms with Gasteiger partial charge in [-0.15, -0.1) is 0 Å². The Morgan fingerprint density at radius 2 is 2.06 bits per heavy atom. The second kappa shape index (κ2) is 8.20. The first-order chi connectivity index (χ1) is 8.32. The van der Waals surface area contributed by atoms with Crippen LogP contribution in [0.2, 0.25) is 0 Å². The Kier molecular flexibility index (Phi) is 7.77. The van der Waals surface area contributed by atoms with E-state index in [4.69, 9.17) is 9.84 Å². The molecular formula is C11H22N2O4S. The molecule has 0 aliphatic carbocycles. The molecule has 18 heavy (non-hydrogen) atoms. The highest BCUT2D eigenvalue weighted by molar-refractivity contribution is 7.99. The van der Waals surface area contributed by atoms with Crippen molar-refractivity contribution in [3.63, 3.8) is 0 Å². The molecule has 106 valence electrons. The molecule has 0 aromatic rings. The summed E-state index contributed by atoms with van der Waals surface area (Å²) >= 11 is 1.64. The summed E-state index contributed by atoms with van der Waals surface area (Å²) in [6.07, 6.45) is 1.96. The van der Waals surface area contributed by atoms with Gasteiger partial charge in [0.25, 0.3) is 0 Å². The maximum atomic E-state index is 11.8. The molecule has 0 radical (unpaired) electrons. The lowest BCUT2D eigenvalue weighted by molar-refractivity contribution is -0.137. The summed E-state index contributed by atoms with van der Waals surface area (Å²) in [7, 11) is 1.51. The Morgan fingerprint density at radius 1 is 1.44 bits per heavy atom. The van der Waals surface area contributed by atoms with Gasteiger partial charge in [0, 0.05) is 24.9 Å². The van der Waals surface area contributed by atoms with E-state index in [2.05, 4.69) is 5.32 Å². The van der Waals surface area contributed by atoms with Crippen LogP contribution in [-0.4, -0.2) is 66.4 Å². The zero-order valence-corrected chi connectivity index (χ0v) is 12.2. The van der Waals surface area contributed by atoms with Gasteiger partial charge in [0.05, 0.1) is 6.61 Å². The van der Waals surface area contributed by atoms with Crippen molar-refractivity contribution in [2.45, 2.75) is 18.6 Å². The number of thioether (sulfide) groups is 1. The molecule has 7 heteroatoms. The number of urea groups is 1. The lowest BCUT2D eigenvalue weighted by Gasteiger charge is -2.26. The van der Waals surface area contributed by atoms with E-state index in [0.29, 0.717) is 13.2 Å². The number of carboxylic acids is 1. The topological polar surface area (TPSA) is 78.9 Å². The first-order valence-electron chi connectivity index (χ1n) is 5.61. The summed E-state index contributed by atoms with van der Waals surface area (Å²) < 4.78 is 4.77. The molecule has 0 aromatic heterocycles. The normalized spacial score (nSPS) is 11.1. The zero-order chi connectivity index (χ0) is 14.2. The van der Waals surface area contributed by atoms with Gasteiger partial charge >= 0.3 is 12.0 Å². The van der Waals surface area contributed by atoms with E-state index in [9.17, 15) is 9.59 Å². The van der Waals surface area contributed by atoms with Gasteiger partial charge in [0.2, 0.25) is 0 Å². The fraction of sp³-hybridized carbons (Fsp3) is 0.818. The van der Waals surface area contributed by atoms with Crippen LogP contribution < -0.4 is 5.32 Å². The van der Waals surface area contributed by atoms with E-state index in [1.807, 2.05) is 20.1 Å².